The second-order valence-corrected chi connectivity index (χ2v) is 4.19. The van der Waals surface area contributed by atoms with Crippen LogP contribution in [-0.2, 0) is 11.3 Å². The number of benzene rings is 1. The molecule has 1 rings (SSSR count). The molecule has 0 saturated carbocycles. The minimum Gasteiger partial charge on any atom is -0.375 e. The third-order valence-electron chi connectivity index (χ3n) is 2.96. The highest BCUT2D eigenvalue weighted by molar-refractivity contribution is 5.15. The van der Waals surface area contributed by atoms with Gasteiger partial charge in [-0.2, -0.15) is 0 Å². The molecule has 0 saturated heterocycles. The molecular weight excluding hydrogens is 205 g/mol. The van der Waals surface area contributed by atoms with Gasteiger partial charge in [-0.15, -0.1) is 0 Å². The van der Waals surface area contributed by atoms with Crippen LogP contribution in [-0.4, -0.2) is 12.1 Å². The van der Waals surface area contributed by atoms with Gasteiger partial charge in [0.15, 0.2) is 0 Å². The van der Waals surface area contributed by atoms with E-state index in [4.69, 9.17) is 10.5 Å². The van der Waals surface area contributed by atoms with Crippen LogP contribution < -0.4 is 5.73 Å². The maximum atomic E-state index is 12.9. The number of ether oxygens (including phenoxy) is 1. The Morgan fingerprint density at radius 1 is 1.31 bits per heavy atom. The fraction of sp³-hybridized carbons (Fsp3) is 0.538. The Morgan fingerprint density at radius 2 is 2.00 bits per heavy atom. The van der Waals surface area contributed by atoms with Gasteiger partial charge >= 0.3 is 0 Å². The van der Waals surface area contributed by atoms with Gasteiger partial charge in [0.2, 0.25) is 0 Å². The van der Waals surface area contributed by atoms with Crippen LogP contribution in [0.1, 0.15) is 32.3 Å². The largest absolute Gasteiger partial charge is 0.375 e. The summed E-state index contributed by atoms with van der Waals surface area (Å²) in [6.07, 6.45) is 1.76. The molecular formula is C13H20FNO. The second kappa shape index (κ2) is 5.97. The molecule has 0 radical (unpaired) electrons. The standard InChI is InChI=1S/C13H20FNO/c1-3-13(15,4-2)10-16-9-11-6-5-7-12(14)8-11/h5-8H,3-4,9-10,15H2,1-2H3. The fourth-order valence-electron chi connectivity index (χ4n) is 1.45. The molecule has 0 atom stereocenters. The Kier molecular flexibility index (Phi) is 4.90. The molecule has 0 aromatic heterocycles. The number of halogens is 1. The lowest BCUT2D eigenvalue weighted by molar-refractivity contribution is 0.0695. The molecule has 1 aromatic carbocycles. The highest BCUT2D eigenvalue weighted by atomic mass is 19.1. The number of nitrogens with two attached hydrogens (primary N) is 1. The van der Waals surface area contributed by atoms with Gasteiger partial charge in [0.1, 0.15) is 5.82 Å². The van der Waals surface area contributed by atoms with Crippen molar-refractivity contribution in [1.82, 2.24) is 0 Å². The summed E-state index contributed by atoms with van der Waals surface area (Å²) < 4.78 is 18.4. The molecule has 3 heteroatoms. The van der Waals surface area contributed by atoms with Crippen LogP contribution in [0.3, 0.4) is 0 Å². The normalized spacial score (nSPS) is 11.8. The van der Waals surface area contributed by atoms with E-state index in [1.54, 1.807) is 6.07 Å². The smallest absolute Gasteiger partial charge is 0.123 e. The average Bonchev–Trinajstić information content (AvgIpc) is 2.29. The Hall–Kier alpha value is -0.930. The summed E-state index contributed by atoms with van der Waals surface area (Å²) in [5, 5.41) is 0. The second-order valence-electron chi connectivity index (χ2n) is 4.19. The number of hydrogen-bond donors (Lipinski definition) is 1. The van der Waals surface area contributed by atoms with Crippen molar-refractivity contribution in [1.29, 1.82) is 0 Å². The molecule has 90 valence electrons. The summed E-state index contributed by atoms with van der Waals surface area (Å²) in [6, 6.07) is 6.44. The van der Waals surface area contributed by atoms with Crippen molar-refractivity contribution in [2.75, 3.05) is 6.61 Å². The molecule has 0 aliphatic heterocycles. The molecule has 2 N–H and O–H groups in total. The summed E-state index contributed by atoms with van der Waals surface area (Å²) in [5.74, 6) is -0.230. The van der Waals surface area contributed by atoms with Crippen molar-refractivity contribution < 1.29 is 9.13 Å². The number of rotatable bonds is 6. The molecule has 2 nitrogen and oxygen atoms in total. The molecule has 0 fully saturated rings. The Balaban J connectivity index is 2.41. The lowest BCUT2D eigenvalue weighted by Gasteiger charge is -2.26. The zero-order chi connectivity index (χ0) is 12.0. The first kappa shape index (κ1) is 13.1. The fourth-order valence-corrected chi connectivity index (χ4v) is 1.45. The van der Waals surface area contributed by atoms with Crippen LogP contribution in [0.4, 0.5) is 4.39 Å². The van der Waals surface area contributed by atoms with Crippen molar-refractivity contribution >= 4 is 0 Å². The van der Waals surface area contributed by atoms with E-state index in [1.165, 1.54) is 12.1 Å². The predicted molar refractivity (Wildman–Crippen MR) is 63.6 cm³/mol. The van der Waals surface area contributed by atoms with Gasteiger partial charge < -0.3 is 10.5 Å². The highest BCUT2D eigenvalue weighted by Gasteiger charge is 2.20. The summed E-state index contributed by atoms with van der Waals surface area (Å²) >= 11 is 0. The first-order valence-electron chi connectivity index (χ1n) is 5.70. The maximum Gasteiger partial charge on any atom is 0.123 e. The van der Waals surface area contributed by atoms with E-state index in [-0.39, 0.29) is 11.4 Å². The van der Waals surface area contributed by atoms with Crippen molar-refractivity contribution in [3.05, 3.63) is 35.6 Å². The van der Waals surface area contributed by atoms with Gasteiger partial charge in [-0.25, -0.2) is 4.39 Å². The average molecular weight is 225 g/mol. The summed E-state index contributed by atoms with van der Waals surface area (Å²) in [7, 11) is 0. The van der Waals surface area contributed by atoms with E-state index in [0.717, 1.165) is 18.4 Å². The lowest BCUT2D eigenvalue weighted by atomic mass is 9.96. The van der Waals surface area contributed by atoms with Crippen LogP contribution in [0.15, 0.2) is 24.3 Å². The minimum atomic E-state index is -0.257. The highest BCUT2D eigenvalue weighted by Crippen LogP contribution is 2.13. The van der Waals surface area contributed by atoms with Crippen molar-refractivity contribution in [2.45, 2.75) is 38.8 Å². The molecule has 0 amide bonds. The van der Waals surface area contributed by atoms with E-state index < -0.39 is 0 Å². The van der Waals surface area contributed by atoms with Gasteiger partial charge in [-0.3, -0.25) is 0 Å². The van der Waals surface area contributed by atoms with E-state index in [0.29, 0.717) is 13.2 Å². The van der Waals surface area contributed by atoms with Gasteiger partial charge in [-0.1, -0.05) is 26.0 Å². The Labute approximate surface area is 96.6 Å². The van der Waals surface area contributed by atoms with E-state index in [2.05, 4.69) is 13.8 Å². The topological polar surface area (TPSA) is 35.2 Å². The monoisotopic (exact) mass is 225 g/mol. The predicted octanol–water partition coefficient (Wildman–Crippen LogP) is 2.86. The van der Waals surface area contributed by atoms with E-state index in [1.807, 2.05) is 6.07 Å². The molecule has 0 aliphatic rings. The first-order valence-corrected chi connectivity index (χ1v) is 5.70. The van der Waals surface area contributed by atoms with Crippen molar-refractivity contribution in [3.8, 4) is 0 Å². The molecule has 0 spiro atoms. The lowest BCUT2D eigenvalue weighted by Crippen LogP contribution is -2.43. The third-order valence-corrected chi connectivity index (χ3v) is 2.96. The van der Waals surface area contributed by atoms with E-state index >= 15 is 0 Å². The van der Waals surface area contributed by atoms with Crippen LogP contribution in [0.2, 0.25) is 0 Å². The summed E-state index contributed by atoms with van der Waals surface area (Å²) in [4.78, 5) is 0. The third kappa shape index (κ3) is 3.91. The quantitative estimate of drug-likeness (QED) is 0.808. The summed E-state index contributed by atoms with van der Waals surface area (Å²) in [6.45, 7) is 5.03. The van der Waals surface area contributed by atoms with Gasteiger partial charge in [0, 0.05) is 5.54 Å². The van der Waals surface area contributed by atoms with Gasteiger partial charge in [0.25, 0.3) is 0 Å². The van der Waals surface area contributed by atoms with Crippen LogP contribution in [0.25, 0.3) is 0 Å². The zero-order valence-electron chi connectivity index (χ0n) is 10.0. The van der Waals surface area contributed by atoms with Crippen molar-refractivity contribution in [3.63, 3.8) is 0 Å². The zero-order valence-corrected chi connectivity index (χ0v) is 10.0. The number of hydrogen-bond acceptors (Lipinski definition) is 2. The van der Waals surface area contributed by atoms with Gasteiger partial charge in [0.05, 0.1) is 13.2 Å². The summed E-state index contributed by atoms with van der Waals surface area (Å²) in [5.41, 5.74) is 6.68. The molecule has 0 heterocycles. The molecule has 16 heavy (non-hydrogen) atoms. The first-order chi connectivity index (χ1) is 7.59. The van der Waals surface area contributed by atoms with Gasteiger partial charge in [-0.05, 0) is 30.5 Å². The molecule has 1 aromatic rings. The molecule has 0 aliphatic carbocycles. The Morgan fingerprint density at radius 3 is 2.56 bits per heavy atom. The van der Waals surface area contributed by atoms with Crippen LogP contribution in [0, 0.1) is 5.82 Å². The minimum absolute atomic E-state index is 0.230. The van der Waals surface area contributed by atoms with Crippen LogP contribution in [0.5, 0.6) is 0 Å². The van der Waals surface area contributed by atoms with E-state index in [9.17, 15) is 4.39 Å². The molecule has 0 unspecified atom stereocenters. The molecule has 0 bridgehead atoms. The SMILES string of the molecule is CCC(N)(CC)COCc1cccc(F)c1. The van der Waals surface area contributed by atoms with Crippen molar-refractivity contribution in [2.24, 2.45) is 5.73 Å². The maximum absolute atomic E-state index is 12.9. The Bertz CT molecular complexity index is 323. The van der Waals surface area contributed by atoms with Crippen LogP contribution >= 0.6 is 0 Å².